The second kappa shape index (κ2) is 5.88. The fraction of sp³-hybridized carbons (Fsp3) is 0.400. The first-order valence-corrected chi connectivity index (χ1v) is 5.59. The molecule has 3 nitrogen and oxygen atoms in total. The first-order chi connectivity index (χ1) is 7.13. The van der Waals surface area contributed by atoms with Crippen molar-refractivity contribution in [1.29, 1.82) is 0 Å². The van der Waals surface area contributed by atoms with Crippen LogP contribution >= 0.6 is 23.8 Å². The van der Waals surface area contributed by atoms with Crippen LogP contribution in [0.3, 0.4) is 0 Å². The quantitative estimate of drug-likeness (QED) is 0.801. The third-order valence-corrected chi connectivity index (χ3v) is 2.47. The molecule has 0 radical (unpaired) electrons. The van der Waals surface area contributed by atoms with E-state index in [0.717, 1.165) is 18.5 Å². The number of aryl methyl sites for hydroxylation is 1. The molecule has 0 aliphatic heterocycles. The third-order valence-electron chi connectivity index (χ3n) is 1.82. The van der Waals surface area contributed by atoms with Crippen LogP contribution in [0.15, 0.2) is 12.3 Å². The number of nitrogens with zero attached hydrogens (tertiary/aromatic N) is 1. The molecule has 0 amide bonds. The van der Waals surface area contributed by atoms with Crippen molar-refractivity contribution in [3.8, 4) is 0 Å². The fourth-order valence-corrected chi connectivity index (χ4v) is 1.32. The van der Waals surface area contributed by atoms with Gasteiger partial charge in [-0.15, -0.1) is 0 Å². The van der Waals surface area contributed by atoms with Gasteiger partial charge in [0.15, 0.2) is 5.11 Å². The lowest BCUT2D eigenvalue weighted by Gasteiger charge is -2.09. The summed E-state index contributed by atoms with van der Waals surface area (Å²) in [6.07, 6.45) is 2.65. The summed E-state index contributed by atoms with van der Waals surface area (Å²) in [5.41, 5.74) is 0.979. The van der Waals surface area contributed by atoms with E-state index in [9.17, 15) is 0 Å². The number of aromatic nitrogens is 1. The van der Waals surface area contributed by atoms with E-state index < -0.39 is 0 Å². The summed E-state index contributed by atoms with van der Waals surface area (Å²) in [6.45, 7) is 4.87. The summed E-state index contributed by atoms with van der Waals surface area (Å²) in [6, 6.07) is 1.86. The van der Waals surface area contributed by atoms with Crippen molar-refractivity contribution in [3.05, 3.63) is 22.8 Å². The zero-order chi connectivity index (χ0) is 11.3. The summed E-state index contributed by atoms with van der Waals surface area (Å²) in [7, 11) is 0. The van der Waals surface area contributed by atoms with Crippen LogP contribution < -0.4 is 10.6 Å². The lowest BCUT2D eigenvalue weighted by molar-refractivity contribution is 0.846. The monoisotopic (exact) mass is 243 g/mol. The Bertz CT molecular complexity index is 355. The average Bonchev–Trinajstić information content (AvgIpc) is 2.20. The number of anilines is 1. The lowest BCUT2D eigenvalue weighted by Crippen LogP contribution is -2.29. The maximum Gasteiger partial charge on any atom is 0.171 e. The maximum atomic E-state index is 5.86. The van der Waals surface area contributed by atoms with E-state index in [0.29, 0.717) is 16.0 Å². The highest BCUT2D eigenvalue weighted by Gasteiger charge is 2.00. The molecule has 0 unspecified atom stereocenters. The largest absolute Gasteiger partial charge is 0.362 e. The smallest absolute Gasteiger partial charge is 0.171 e. The standard InChI is InChI=1S/C10H14ClN3S/c1-3-4-12-10(15)14-9-5-7(2)8(11)6-13-9/h5-6H,3-4H2,1-2H3,(H2,12,13,14,15). The Labute approximate surface area is 100 Å². The minimum atomic E-state index is 0.589. The molecule has 0 bridgehead atoms. The second-order valence-electron chi connectivity index (χ2n) is 3.20. The van der Waals surface area contributed by atoms with Crippen LogP contribution in [-0.2, 0) is 0 Å². The Morgan fingerprint density at radius 3 is 2.93 bits per heavy atom. The number of pyridine rings is 1. The molecule has 1 aromatic heterocycles. The van der Waals surface area contributed by atoms with Crippen LogP contribution in [0.2, 0.25) is 5.02 Å². The first kappa shape index (κ1) is 12.2. The highest BCUT2D eigenvalue weighted by atomic mass is 35.5. The van der Waals surface area contributed by atoms with E-state index in [-0.39, 0.29) is 0 Å². The molecule has 5 heteroatoms. The number of thiocarbonyl (C=S) groups is 1. The predicted molar refractivity (Wildman–Crippen MR) is 68.5 cm³/mol. The van der Waals surface area contributed by atoms with Gasteiger partial charge in [0, 0.05) is 12.7 Å². The zero-order valence-corrected chi connectivity index (χ0v) is 10.4. The summed E-state index contributed by atoms with van der Waals surface area (Å²) >= 11 is 10.9. The van der Waals surface area contributed by atoms with Gasteiger partial charge in [-0.25, -0.2) is 4.98 Å². The maximum absolute atomic E-state index is 5.86. The molecule has 0 saturated carbocycles. The summed E-state index contributed by atoms with van der Waals surface area (Å²) in [5.74, 6) is 0.713. The predicted octanol–water partition coefficient (Wildman–Crippen LogP) is 2.74. The molecule has 0 atom stereocenters. The molecule has 0 aromatic carbocycles. The Kier molecular flexibility index (Phi) is 4.78. The second-order valence-corrected chi connectivity index (χ2v) is 4.02. The van der Waals surface area contributed by atoms with E-state index in [1.165, 1.54) is 0 Å². The van der Waals surface area contributed by atoms with Gasteiger partial charge in [-0.2, -0.15) is 0 Å². The molecular weight excluding hydrogens is 230 g/mol. The lowest BCUT2D eigenvalue weighted by atomic mass is 10.3. The van der Waals surface area contributed by atoms with Gasteiger partial charge in [0.05, 0.1) is 5.02 Å². The molecule has 0 spiro atoms. The highest BCUT2D eigenvalue weighted by Crippen LogP contribution is 2.16. The van der Waals surface area contributed by atoms with Gasteiger partial charge in [-0.1, -0.05) is 18.5 Å². The summed E-state index contributed by atoms with van der Waals surface area (Å²) < 4.78 is 0. The van der Waals surface area contributed by atoms with Gasteiger partial charge in [-0.05, 0) is 37.2 Å². The number of hydrogen-bond acceptors (Lipinski definition) is 2. The Morgan fingerprint density at radius 1 is 1.60 bits per heavy atom. The first-order valence-electron chi connectivity index (χ1n) is 4.80. The Morgan fingerprint density at radius 2 is 2.33 bits per heavy atom. The van der Waals surface area contributed by atoms with Gasteiger partial charge in [0.25, 0.3) is 0 Å². The molecule has 0 aliphatic rings. The SMILES string of the molecule is CCCNC(=S)Nc1cc(C)c(Cl)cn1. The van der Waals surface area contributed by atoms with E-state index >= 15 is 0 Å². The number of halogens is 1. The van der Waals surface area contributed by atoms with Crippen molar-refractivity contribution in [2.45, 2.75) is 20.3 Å². The Hall–Kier alpha value is -0.870. The molecular formula is C10H14ClN3S. The van der Waals surface area contributed by atoms with Crippen LogP contribution in [0.4, 0.5) is 5.82 Å². The van der Waals surface area contributed by atoms with E-state index in [4.69, 9.17) is 23.8 Å². The molecule has 2 N–H and O–H groups in total. The van der Waals surface area contributed by atoms with Crippen molar-refractivity contribution in [1.82, 2.24) is 10.3 Å². The molecule has 82 valence electrons. The average molecular weight is 244 g/mol. The van der Waals surface area contributed by atoms with Gasteiger partial charge >= 0.3 is 0 Å². The molecule has 15 heavy (non-hydrogen) atoms. The highest BCUT2D eigenvalue weighted by molar-refractivity contribution is 7.80. The van der Waals surface area contributed by atoms with Crippen LogP contribution in [0.1, 0.15) is 18.9 Å². The molecule has 0 saturated heterocycles. The molecule has 1 heterocycles. The molecule has 0 aliphatic carbocycles. The van der Waals surface area contributed by atoms with Crippen molar-refractivity contribution >= 4 is 34.7 Å². The summed E-state index contributed by atoms with van der Waals surface area (Å²) in [4.78, 5) is 4.12. The van der Waals surface area contributed by atoms with E-state index in [2.05, 4.69) is 22.5 Å². The number of nitrogens with one attached hydrogen (secondary N) is 2. The topological polar surface area (TPSA) is 37.0 Å². The number of rotatable bonds is 3. The molecule has 1 aromatic rings. The van der Waals surface area contributed by atoms with Crippen molar-refractivity contribution in [2.75, 3.05) is 11.9 Å². The van der Waals surface area contributed by atoms with E-state index in [1.54, 1.807) is 6.20 Å². The van der Waals surface area contributed by atoms with Crippen molar-refractivity contribution in [2.24, 2.45) is 0 Å². The van der Waals surface area contributed by atoms with Gasteiger partial charge in [-0.3, -0.25) is 0 Å². The molecule has 1 rings (SSSR count). The molecule has 0 fully saturated rings. The third kappa shape index (κ3) is 4.01. The van der Waals surface area contributed by atoms with E-state index in [1.807, 2.05) is 13.0 Å². The van der Waals surface area contributed by atoms with Crippen LogP contribution in [-0.4, -0.2) is 16.6 Å². The van der Waals surface area contributed by atoms with Crippen molar-refractivity contribution in [3.63, 3.8) is 0 Å². The fourth-order valence-electron chi connectivity index (χ4n) is 1.01. The van der Waals surface area contributed by atoms with Crippen molar-refractivity contribution < 1.29 is 0 Å². The summed E-state index contributed by atoms with van der Waals surface area (Å²) in [5, 5.41) is 7.31. The van der Waals surface area contributed by atoms with Gasteiger partial charge in [0.1, 0.15) is 5.82 Å². The Balaban J connectivity index is 2.57. The minimum Gasteiger partial charge on any atom is -0.362 e. The normalized spacial score (nSPS) is 9.80. The number of hydrogen-bond donors (Lipinski definition) is 2. The van der Waals surface area contributed by atoms with Gasteiger partial charge < -0.3 is 10.6 Å². The van der Waals surface area contributed by atoms with Crippen LogP contribution in [0.5, 0.6) is 0 Å². The van der Waals surface area contributed by atoms with Gasteiger partial charge in [0.2, 0.25) is 0 Å². The zero-order valence-electron chi connectivity index (χ0n) is 8.80. The minimum absolute atomic E-state index is 0.589. The van der Waals surface area contributed by atoms with Crippen LogP contribution in [0, 0.1) is 6.92 Å². The van der Waals surface area contributed by atoms with Crippen LogP contribution in [0.25, 0.3) is 0 Å².